The topological polar surface area (TPSA) is 44.9 Å². The summed E-state index contributed by atoms with van der Waals surface area (Å²) in [4.78, 5) is 16.7. The molecule has 1 atom stereocenters. The number of benzene rings is 3. The molecule has 1 heterocycles. The predicted octanol–water partition coefficient (Wildman–Crippen LogP) is 5.89. The molecule has 0 saturated heterocycles. The summed E-state index contributed by atoms with van der Waals surface area (Å²) in [6.07, 6.45) is 2.64. The molecular formula is C25H23ClN2O. The highest BCUT2D eigenvalue weighted by Gasteiger charge is 2.24. The fourth-order valence-electron chi connectivity index (χ4n) is 3.58. The van der Waals surface area contributed by atoms with E-state index in [1.165, 1.54) is 11.1 Å². The number of rotatable bonds is 7. The lowest BCUT2D eigenvalue weighted by atomic mass is 9.96. The van der Waals surface area contributed by atoms with Crippen LogP contribution in [-0.4, -0.2) is 17.3 Å². The lowest BCUT2D eigenvalue weighted by molar-refractivity contribution is 0.0945. The van der Waals surface area contributed by atoms with Gasteiger partial charge in [0.15, 0.2) is 5.78 Å². The first-order valence-corrected chi connectivity index (χ1v) is 10.1. The average Bonchev–Trinajstić information content (AvgIpc) is 3.16. The van der Waals surface area contributed by atoms with Crippen molar-refractivity contribution in [3.05, 3.63) is 106 Å². The Labute approximate surface area is 175 Å². The smallest absolute Gasteiger partial charge is 0.186 e. The highest BCUT2D eigenvalue weighted by atomic mass is 35.5. The van der Waals surface area contributed by atoms with Crippen LogP contribution >= 0.6 is 11.6 Å². The van der Waals surface area contributed by atoms with E-state index in [0.29, 0.717) is 17.1 Å². The van der Waals surface area contributed by atoms with E-state index in [9.17, 15) is 4.79 Å². The van der Waals surface area contributed by atoms with Crippen molar-refractivity contribution in [3.8, 4) is 0 Å². The summed E-state index contributed by atoms with van der Waals surface area (Å²) in [5, 5.41) is 4.94. The molecule has 0 spiro atoms. The van der Waals surface area contributed by atoms with Crippen molar-refractivity contribution in [1.82, 2.24) is 10.3 Å². The number of carbonyl (C=O) groups excluding carboxylic acids is 1. The van der Waals surface area contributed by atoms with Crippen LogP contribution in [0.25, 0.3) is 10.9 Å². The van der Waals surface area contributed by atoms with Crippen LogP contribution < -0.4 is 5.32 Å². The molecule has 3 aromatic carbocycles. The van der Waals surface area contributed by atoms with Gasteiger partial charge in [0.1, 0.15) is 0 Å². The summed E-state index contributed by atoms with van der Waals surface area (Å²) >= 11 is 6.17. The van der Waals surface area contributed by atoms with E-state index >= 15 is 0 Å². The minimum absolute atomic E-state index is 0.0358. The number of Topliss-reactive ketones (excluding diaryl/α,β-unsaturated/α-hetero) is 1. The third-order valence-corrected chi connectivity index (χ3v) is 5.42. The number of hydrogen-bond acceptors (Lipinski definition) is 2. The SMILES string of the molecule is Cc1ccc(CCN[C@@H](C(=O)c2c[nH]c3ccc(Cl)cc23)c2ccccc2)cc1. The highest BCUT2D eigenvalue weighted by molar-refractivity contribution is 6.31. The van der Waals surface area contributed by atoms with Crippen molar-refractivity contribution in [2.75, 3.05) is 6.54 Å². The number of hydrogen-bond donors (Lipinski definition) is 2. The third-order valence-electron chi connectivity index (χ3n) is 5.19. The molecule has 0 fully saturated rings. The molecule has 1 aromatic heterocycles. The number of ketones is 1. The van der Waals surface area contributed by atoms with Gasteiger partial charge < -0.3 is 10.3 Å². The van der Waals surface area contributed by atoms with Crippen LogP contribution in [0.3, 0.4) is 0 Å². The van der Waals surface area contributed by atoms with Crippen molar-refractivity contribution in [2.45, 2.75) is 19.4 Å². The van der Waals surface area contributed by atoms with Gasteiger partial charge in [-0.25, -0.2) is 0 Å². The number of aromatic nitrogens is 1. The Balaban J connectivity index is 1.59. The normalized spacial score (nSPS) is 12.2. The largest absolute Gasteiger partial charge is 0.360 e. The molecular weight excluding hydrogens is 380 g/mol. The molecule has 4 rings (SSSR count). The van der Waals surface area contributed by atoms with Gasteiger partial charge in [-0.1, -0.05) is 71.8 Å². The molecule has 4 heteroatoms. The Morgan fingerprint density at radius 3 is 2.55 bits per heavy atom. The summed E-state index contributed by atoms with van der Waals surface area (Å²) in [6, 6.07) is 23.5. The number of aromatic amines is 1. The quantitative estimate of drug-likeness (QED) is 0.379. The van der Waals surface area contributed by atoms with Crippen LogP contribution in [0.4, 0.5) is 0 Å². The van der Waals surface area contributed by atoms with Crippen molar-refractivity contribution in [2.24, 2.45) is 0 Å². The second-order valence-corrected chi connectivity index (χ2v) is 7.73. The Morgan fingerprint density at radius 2 is 1.79 bits per heavy atom. The molecule has 0 saturated carbocycles. The number of carbonyl (C=O) groups is 1. The number of halogens is 1. The van der Waals surface area contributed by atoms with Crippen LogP contribution in [-0.2, 0) is 6.42 Å². The van der Waals surface area contributed by atoms with Crippen LogP contribution in [0.2, 0.25) is 5.02 Å². The lowest BCUT2D eigenvalue weighted by Crippen LogP contribution is -2.30. The van der Waals surface area contributed by atoms with Gasteiger partial charge in [-0.2, -0.15) is 0 Å². The fourth-order valence-corrected chi connectivity index (χ4v) is 3.75. The van der Waals surface area contributed by atoms with Crippen LogP contribution in [0, 0.1) is 6.92 Å². The first-order valence-electron chi connectivity index (χ1n) is 9.76. The van der Waals surface area contributed by atoms with Gasteiger partial charge in [0.05, 0.1) is 6.04 Å². The van der Waals surface area contributed by atoms with Crippen LogP contribution in [0.5, 0.6) is 0 Å². The highest BCUT2D eigenvalue weighted by Crippen LogP contribution is 2.27. The van der Waals surface area contributed by atoms with Crippen molar-refractivity contribution >= 4 is 28.3 Å². The van der Waals surface area contributed by atoms with E-state index in [1.807, 2.05) is 48.5 Å². The molecule has 146 valence electrons. The van der Waals surface area contributed by atoms with E-state index in [4.69, 9.17) is 11.6 Å². The van der Waals surface area contributed by atoms with Crippen molar-refractivity contribution in [1.29, 1.82) is 0 Å². The zero-order valence-corrected chi connectivity index (χ0v) is 17.0. The standard InChI is InChI=1S/C25H23ClN2O/c1-17-7-9-18(10-8-17)13-14-27-24(19-5-3-2-4-6-19)25(29)22-16-28-23-12-11-20(26)15-21(22)23/h2-12,15-16,24,27-28H,13-14H2,1H3/t24-/m1/s1. The first kappa shape index (κ1) is 19.4. The predicted molar refractivity (Wildman–Crippen MR) is 120 cm³/mol. The van der Waals surface area contributed by atoms with Gasteiger partial charge in [-0.3, -0.25) is 4.79 Å². The van der Waals surface area contributed by atoms with Crippen molar-refractivity contribution < 1.29 is 4.79 Å². The Kier molecular flexibility index (Phi) is 5.79. The van der Waals surface area contributed by atoms with E-state index in [0.717, 1.165) is 22.9 Å². The van der Waals surface area contributed by atoms with Gasteiger partial charge in [0, 0.05) is 34.2 Å². The second kappa shape index (κ2) is 8.64. The molecule has 29 heavy (non-hydrogen) atoms. The maximum atomic E-state index is 13.5. The van der Waals surface area contributed by atoms with Crippen LogP contribution in [0.15, 0.2) is 79.0 Å². The monoisotopic (exact) mass is 402 g/mol. The Hall–Kier alpha value is -2.88. The summed E-state index contributed by atoms with van der Waals surface area (Å²) in [5.41, 5.74) is 5.01. The van der Waals surface area contributed by atoms with E-state index < -0.39 is 6.04 Å². The van der Waals surface area contributed by atoms with Crippen molar-refractivity contribution in [3.63, 3.8) is 0 Å². The number of H-pyrrole nitrogens is 1. The maximum absolute atomic E-state index is 13.5. The summed E-state index contributed by atoms with van der Waals surface area (Å²) < 4.78 is 0. The minimum Gasteiger partial charge on any atom is -0.360 e. The maximum Gasteiger partial charge on any atom is 0.186 e. The third kappa shape index (κ3) is 4.42. The zero-order chi connectivity index (χ0) is 20.2. The van der Waals surface area contributed by atoms with Gasteiger partial charge in [0.25, 0.3) is 0 Å². The Morgan fingerprint density at radius 1 is 1.03 bits per heavy atom. The summed E-state index contributed by atoms with van der Waals surface area (Å²) in [6.45, 7) is 2.79. The average molecular weight is 403 g/mol. The number of nitrogens with one attached hydrogen (secondary N) is 2. The van der Waals surface area contributed by atoms with Gasteiger partial charge in [-0.05, 0) is 42.7 Å². The number of fused-ring (bicyclic) bond motifs is 1. The first-order chi connectivity index (χ1) is 14.1. The summed E-state index contributed by atoms with van der Waals surface area (Å²) in [7, 11) is 0. The molecule has 0 bridgehead atoms. The zero-order valence-electron chi connectivity index (χ0n) is 16.3. The van der Waals surface area contributed by atoms with Crippen LogP contribution in [0.1, 0.15) is 33.1 Å². The molecule has 2 N–H and O–H groups in total. The minimum atomic E-state index is -0.417. The molecule has 4 aromatic rings. The van der Waals surface area contributed by atoms with E-state index in [2.05, 4.69) is 41.5 Å². The molecule has 3 nitrogen and oxygen atoms in total. The number of aryl methyl sites for hydroxylation is 1. The molecule has 0 aliphatic heterocycles. The van der Waals surface area contributed by atoms with E-state index in [1.54, 1.807) is 6.20 Å². The van der Waals surface area contributed by atoms with Gasteiger partial charge >= 0.3 is 0 Å². The molecule has 0 amide bonds. The lowest BCUT2D eigenvalue weighted by Gasteiger charge is -2.18. The fraction of sp³-hybridized carbons (Fsp3) is 0.160. The van der Waals surface area contributed by atoms with Gasteiger partial charge in [0.2, 0.25) is 0 Å². The summed E-state index contributed by atoms with van der Waals surface area (Å²) in [5.74, 6) is 0.0358. The van der Waals surface area contributed by atoms with Gasteiger partial charge in [-0.15, -0.1) is 0 Å². The second-order valence-electron chi connectivity index (χ2n) is 7.29. The van der Waals surface area contributed by atoms with E-state index in [-0.39, 0.29) is 5.78 Å². The molecule has 0 aliphatic carbocycles. The molecule has 0 unspecified atom stereocenters. The Bertz CT molecular complexity index is 1120. The molecule has 0 aliphatic rings. The molecule has 0 radical (unpaired) electrons.